The van der Waals surface area contributed by atoms with Gasteiger partial charge in [0.1, 0.15) is 36.6 Å². The van der Waals surface area contributed by atoms with Crippen LogP contribution in [-0.4, -0.2) is 42.1 Å². The van der Waals surface area contributed by atoms with Gasteiger partial charge >= 0.3 is 0 Å². The van der Waals surface area contributed by atoms with Crippen molar-refractivity contribution in [1.29, 1.82) is 0 Å². The van der Waals surface area contributed by atoms with Crippen LogP contribution in [0.25, 0.3) is 0 Å². The average Bonchev–Trinajstić information content (AvgIpc) is 2.57. The van der Waals surface area contributed by atoms with E-state index in [1.165, 1.54) is 12.1 Å². The highest BCUT2D eigenvalue weighted by atomic mass is 35.5. The summed E-state index contributed by atoms with van der Waals surface area (Å²) in [5.41, 5.74) is 0. The molecule has 0 aromatic heterocycles. The molecule has 2 rings (SSSR count). The summed E-state index contributed by atoms with van der Waals surface area (Å²) in [6.45, 7) is 2.99. The number of phenols is 1. The monoisotopic (exact) mass is 351 g/mol. The third kappa shape index (κ3) is 6.66. The highest BCUT2D eigenvalue weighted by Crippen LogP contribution is 2.17. The number of halogens is 1. The summed E-state index contributed by atoms with van der Waals surface area (Å²) in [6.07, 6.45) is -0.646. The molecule has 130 valence electrons. The highest BCUT2D eigenvalue weighted by molar-refractivity contribution is 6.30. The summed E-state index contributed by atoms with van der Waals surface area (Å²) in [5, 5.41) is 23.0. The van der Waals surface area contributed by atoms with E-state index >= 15 is 0 Å². The summed E-state index contributed by atoms with van der Waals surface area (Å²) in [5.74, 6) is 1.50. The van der Waals surface area contributed by atoms with Gasteiger partial charge in [0.2, 0.25) is 0 Å². The van der Waals surface area contributed by atoms with Gasteiger partial charge in [0.25, 0.3) is 0 Å². The van der Waals surface area contributed by atoms with Crippen LogP contribution in [0.4, 0.5) is 0 Å². The molecule has 24 heavy (non-hydrogen) atoms. The molecule has 0 spiro atoms. The number of nitrogens with one attached hydrogen (secondary N) is 1. The molecule has 0 aliphatic carbocycles. The lowest BCUT2D eigenvalue weighted by atomic mass is 10.3. The van der Waals surface area contributed by atoms with Crippen molar-refractivity contribution in [2.45, 2.75) is 19.1 Å². The number of hydrogen-bond donors (Lipinski definition) is 3. The van der Waals surface area contributed by atoms with E-state index in [1.54, 1.807) is 24.3 Å². The second-order valence-corrected chi connectivity index (χ2v) is 5.97. The number of benzene rings is 2. The molecule has 5 nitrogen and oxygen atoms in total. The predicted octanol–water partition coefficient (Wildman–Crippen LogP) is 2.84. The Morgan fingerprint density at radius 2 is 1.75 bits per heavy atom. The standard InChI is InChI=1S/C18H22ClNO4/c1-13(11-23-18-4-2-3-14(19)9-18)20-10-16(22)12-24-17-7-5-15(21)6-8-17/h2-9,13,16,20-22H,10-12H2,1H3. The molecule has 0 aliphatic rings. The van der Waals surface area contributed by atoms with Gasteiger partial charge in [-0.1, -0.05) is 17.7 Å². The number of aromatic hydroxyl groups is 1. The van der Waals surface area contributed by atoms with Gasteiger partial charge in [-0.2, -0.15) is 0 Å². The number of aliphatic hydroxyl groups excluding tert-OH is 1. The maximum Gasteiger partial charge on any atom is 0.120 e. The van der Waals surface area contributed by atoms with Gasteiger partial charge in [-0.15, -0.1) is 0 Å². The zero-order valence-corrected chi connectivity index (χ0v) is 14.2. The van der Waals surface area contributed by atoms with Gasteiger partial charge in [0, 0.05) is 17.6 Å². The number of rotatable bonds is 9. The normalized spacial score (nSPS) is 13.3. The Hall–Kier alpha value is -1.95. The molecule has 6 heteroatoms. The Bertz CT molecular complexity index is 621. The number of hydrogen-bond acceptors (Lipinski definition) is 5. The largest absolute Gasteiger partial charge is 0.508 e. The Labute approximate surface area is 146 Å². The van der Waals surface area contributed by atoms with Crippen molar-refractivity contribution in [2.24, 2.45) is 0 Å². The SMILES string of the molecule is CC(COc1cccc(Cl)c1)NCC(O)COc1ccc(O)cc1. The summed E-state index contributed by atoms with van der Waals surface area (Å²) < 4.78 is 11.1. The van der Waals surface area contributed by atoms with Crippen molar-refractivity contribution in [3.8, 4) is 17.2 Å². The van der Waals surface area contributed by atoms with E-state index < -0.39 is 6.10 Å². The molecule has 3 N–H and O–H groups in total. The predicted molar refractivity (Wildman–Crippen MR) is 94.0 cm³/mol. The zero-order chi connectivity index (χ0) is 17.4. The summed E-state index contributed by atoms with van der Waals surface area (Å²) in [7, 11) is 0. The molecule has 0 saturated heterocycles. The van der Waals surface area contributed by atoms with E-state index in [9.17, 15) is 10.2 Å². The molecule has 0 fully saturated rings. The third-order valence-corrected chi connectivity index (χ3v) is 3.51. The number of aliphatic hydroxyl groups is 1. The van der Waals surface area contributed by atoms with Gasteiger partial charge in [0.15, 0.2) is 0 Å². The van der Waals surface area contributed by atoms with Crippen LogP contribution in [-0.2, 0) is 0 Å². The Kier molecular flexibility index (Phi) is 7.18. The van der Waals surface area contributed by atoms with Crippen LogP contribution in [0.5, 0.6) is 17.2 Å². The van der Waals surface area contributed by atoms with E-state index in [2.05, 4.69) is 5.32 Å². The minimum atomic E-state index is -0.646. The topological polar surface area (TPSA) is 71.0 Å². The molecule has 2 unspecified atom stereocenters. The van der Waals surface area contributed by atoms with E-state index in [1.807, 2.05) is 19.1 Å². The Morgan fingerprint density at radius 3 is 2.46 bits per heavy atom. The number of ether oxygens (including phenoxy) is 2. The van der Waals surface area contributed by atoms with Crippen molar-refractivity contribution >= 4 is 11.6 Å². The minimum absolute atomic E-state index is 0.0623. The molecule has 0 saturated carbocycles. The van der Waals surface area contributed by atoms with Gasteiger partial charge in [-0.25, -0.2) is 0 Å². The van der Waals surface area contributed by atoms with Gasteiger partial charge in [-0.05, 0) is 49.4 Å². The summed E-state index contributed by atoms with van der Waals surface area (Å²) >= 11 is 5.90. The smallest absolute Gasteiger partial charge is 0.120 e. The van der Waals surface area contributed by atoms with Crippen molar-refractivity contribution in [2.75, 3.05) is 19.8 Å². The molecule has 2 atom stereocenters. The second-order valence-electron chi connectivity index (χ2n) is 5.54. The minimum Gasteiger partial charge on any atom is -0.508 e. The first-order valence-electron chi connectivity index (χ1n) is 7.74. The van der Waals surface area contributed by atoms with E-state index in [4.69, 9.17) is 21.1 Å². The van der Waals surface area contributed by atoms with Gasteiger partial charge in [0.05, 0.1) is 0 Å². The van der Waals surface area contributed by atoms with Crippen LogP contribution >= 0.6 is 11.6 Å². The third-order valence-electron chi connectivity index (χ3n) is 3.28. The molecule has 0 bridgehead atoms. The Morgan fingerprint density at radius 1 is 1.04 bits per heavy atom. The van der Waals surface area contributed by atoms with Crippen LogP contribution in [0.3, 0.4) is 0 Å². The fraction of sp³-hybridized carbons (Fsp3) is 0.333. The van der Waals surface area contributed by atoms with Gasteiger partial charge < -0.3 is 25.0 Å². The molecular weight excluding hydrogens is 330 g/mol. The molecule has 0 amide bonds. The van der Waals surface area contributed by atoms with E-state index in [0.717, 1.165) is 0 Å². The van der Waals surface area contributed by atoms with Crippen molar-refractivity contribution in [3.63, 3.8) is 0 Å². The first-order chi connectivity index (χ1) is 11.5. The summed E-state index contributed by atoms with van der Waals surface area (Å²) in [4.78, 5) is 0. The van der Waals surface area contributed by atoms with E-state index in [0.29, 0.717) is 29.7 Å². The molecular formula is C18H22ClNO4. The van der Waals surface area contributed by atoms with Crippen LogP contribution in [0.2, 0.25) is 5.02 Å². The van der Waals surface area contributed by atoms with Crippen LogP contribution in [0.1, 0.15) is 6.92 Å². The Balaban J connectivity index is 1.63. The fourth-order valence-corrected chi connectivity index (χ4v) is 2.15. The lowest BCUT2D eigenvalue weighted by Gasteiger charge is -2.18. The van der Waals surface area contributed by atoms with Crippen LogP contribution in [0, 0.1) is 0 Å². The first-order valence-corrected chi connectivity index (χ1v) is 8.12. The number of phenolic OH excluding ortho intramolecular Hbond substituents is 1. The first kappa shape index (κ1) is 18.4. The summed E-state index contributed by atoms with van der Waals surface area (Å²) in [6, 6.07) is 13.7. The molecule has 0 aliphatic heterocycles. The molecule has 2 aromatic rings. The average molecular weight is 352 g/mol. The highest BCUT2D eigenvalue weighted by Gasteiger charge is 2.09. The lowest BCUT2D eigenvalue weighted by Crippen LogP contribution is -2.39. The molecule has 0 heterocycles. The quantitative estimate of drug-likeness (QED) is 0.648. The van der Waals surface area contributed by atoms with Crippen LogP contribution < -0.4 is 14.8 Å². The molecule has 0 radical (unpaired) electrons. The maximum absolute atomic E-state index is 9.94. The van der Waals surface area contributed by atoms with E-state index in [-0.39, 0.29) is 18.4 Å². The molecule has 2 aromatic carbocycles. The van der Waals surface area contributed by atoms with Crippen molar-refractivity contribution in [3.05, 3.63) is 53.6 Å². The lowest BCUT2D eigenvalue weighted by molar-refractivity contribution is 0.102. The van der Waals surface area contributed by atoms with Crippen molar-refractivity contribution in [1.82, 2.24) is 5.32 Å². The second kappa shape index (κ2) is 9.37. The fourth-order valence-electron chi connectivity index (χ4n) is 1.97. The zero-order valence-electron chi connectivity index (χ0n) is 13.5. The van der Waals surface area contributed by atoms with Gasteiger partial charge in [-0.3, -0.25) is 0 Å². The van der Waals surface area contributed by atoms with Crippen molar-refractivity contribution < 1.29 is 19.7 Å². The van der Waals surface area contributed by atoms with Crippen LogP contribution in [0.15, 0.2) is 48.5 Å². The maximum atomic E-state index is 9.94.